The van der Waals surface area contributed by atoms with Crippen LogP contribution < -0.4 is 14.8 Å². The second-order valence-corrected chi connectivity index (χ2v) is 9.82. The first-order valence-electron chi connectivity index (χ1n) is 10.9. The van der Waals surface area contributed by atoms with Crippen LogP contribution in [-0.4, -0.2) is 37.1 Å². The number of hydrogen-bond acceptors (Lipinski definition) is 6. The molecule has 0 aliphatic carbocycles. The summed E-state index contributed by atoms with van der Waals surface area (Å²) in [5, 5.41) is 7.17. The Balaban J connectivity index is 1.84. The van der Waals surface area contributed by atoms with E-state index in [1.807, 2.05) is 19.9 Å². The standard InChI is InChI=1S/C24H26N4O5S/c1-5-17-23(24-25-21(29)10-11-22(30)28(24)26-17)16-8-7-15(3)20(13-16)34(31,32)27-18-12-14(2)6-9-19(18)33-4/h6-9,12-13,27H,5,10-11H2,1-4H3,(H,25,29). The molecule has 178 valence electrons. The number of aryl methyl sites for hydroxylation is 3. The number of nitrogens with one attached hydrogen (secondary N) is 2. The maximum atomic E-state index is 13.4. The number of amides is 1. The number of carbonyl (C=O) groups excluding carboxylic acids is 2. The average Bonchev–Trinajstić information content (AvgIpc) is 3.09. The number of hydrogen-bond donors (Lipinski definition) is 2. The first-order valence-corrected chi connectivity index (χ1v) is 12.4. The van der Waals surface area contributed by atoms with Crippen LogP contribution in [0.4, 0.5) is 11.5 Å². The largest absolute Gasteiger partial charge is 0.495 e. The molecule has 2 N–H and O–H groups in total. The van der Waals surface area contributed by atoms with E-state index >= 15 is 0 Å². The Morgan fingerprint density at radius 2 is 1.88 bits per heavy atom. The van der Waals surface area contributed by atoms with Crippen molar-refractivity contribution in [1.82, 2.24) is 9.78 Å². The monoisotopic (exact) mass is 482 g/mol. The topological polar surface area (TPSA) is 119 Å². The van der Waals surface area contributed by atoms with E-state index in [4.69, 9.17) is 4.74 Å². The summed E-state index contributed by atoms with van der Waals surface area (Å²) in [5.74, 6) is 0.0934. The molecule has 10 heteroatoms. The molecule has 0 radical (unpaired) electrons. The van der Waals surface area contributed by atoms with Gasteiger partial charge < -0.3 is 10.1 Å². The van der Waals surface area contributed by atoms with Gasteiger partial charge in [0.25, 0.3) is 10.0 Å². The van der Waals surface area contributed by atoms with Crippen LogP contribution in [0.15, 0.2) is 41.3 Å². The first kappa shape index (κ1) is 23.5. The number of aromatic nitrogens is 2. The van der Waals surface area contributed by atoms with Gasteiger partial charge in [-0.05, 0) is 55.2 Å². The van der Waals surface area contributed by atoms with Crippen LogP contribution in [0.2, 0.25) is 0 Å². The number of rotatable bonds is 6. The van der Waals surface area contributed by atoms with Crippen molar-refractivity contribution in [2.75, 3.05) is 17.1 Å². The zero-order valence-electron chi connectivity index (χ0n) is 19.4. The van der Waals surface area contributed by atoms with Gasteiger partial charge in [0.05, 0.1) is 23.4 Å². The molecule has 0 spiro atoms. The molecule has 2 aromatic carbocycles. The van der Waals surface area contributed by atoms with Crippen LogP contribution in [0.5, 0.6) is 5.75 Å². The second-order valence-electron chi connectivity index (χ2n) is 8.17. The SMILES string of the molecule is CCc1nn2c(c1-c1ccc(C)c(S(=O)(=O)Nc3cc(C)ccc3OC)c1)NC(=O)CCC2=O. The molecule has 9 nitrogen and oxygen atoms in total. The molecule has 0 unspecified atom stereocenters. The van der Waals surface area contributed by atoms with Crippen molar-refractivity contribution in [2.45, 2.75) is 44.9 Å². The van der Waals surface area contributed by atoms with Crippen LogP contribution in [0.25, 0.3) is 11.1 Å². The number of methoxy groups -OCH3 is 1. The fourth-order valence-corrected chi connectivity index (χ4v) is 5.31. The molecular formula is C24H26N4O5S. The molecule has 1 aliphatic rings. The Labute approximate surface area is 198 Å². The van der Waals surface area contributed by atoms with Crippen molar-refractivity contribution >= 4 is 33.3 Å². The van der Waals surface area contributed by atoms with E-state index in [0.29, 0.717) is 40.2 Å². The highest BCUT2D eigenvalue weighted by Crippen LogP contribution is 2.36. The van der Waals surface area contributed by atoms with Gasteiger partial charge >= 0.3 is 0 Å². The maximum absolute atomic E-state index is 13.4. The van der Waals surface area contributed by atoms with E-state index in [1.165, 1.54) is 11.8 Å². The van der Waals surface area contributed by atoms with Crippen molar-refractivity contribution in [2.24, 2.45) is 0 Å². The summed E-state index contributed by atoms with van der Waals surface area (Å²) >= 11 is 0. The Hall–Kier alpha value is -3.66. The molecule has 0 bridgehead atoms. The van der Waals surface area contributed by atoms with Crippen LogP contribution in [0, 0.1) is 13.8 Å². The van der Waals surface area contributed by atoms with Crippen molar-refractivity contribution < 1.29 is 22.7 Å². The predicted molar refractivity (Wildman–Crippen MR) is 129 cm³/mol. The number of sulfonamides is 1. The summed E-state index contributed by atoms with van der Waals surface area (Å²) < 4.78 is 36.0. The van der Waals surface area contributed by atoms with E-state index in [-0.39, 0.29) is 35.4 Å². The third kappa shape index (κ3) is 4.28. The van der Waals surface area contributed by atoms with Crippen LogP contribution in [0.3, 0.4) is 0 Å². The third-order valence-corrected chi connectivity index (χ3v) is 7.23. The van der Waals surface area contributed by atoms with Gasteiger partial charge in [0.1, 0.15) is 11.6 Å². The Morgan fingerprint density at radius 1 is 1.12 bits per heavy atom. The molecule has 0 saturated carbocycles. The minimum Gasteiger partial charge on any atom is -0.495 e. The lowest BCUT2D eigenvalue weighted by atomic mass is 10.0. The molecule has 3 aromatic rings. The highest BCUT2D eigenvalue weighted by molar-refractivity contribution is 7.92. The van der Waals surface area contributed by atoms with Gasteiger partial charge in [0.15, 0.2) is 0 Å². The van der Waals surface area contributed by atoms with Gasteiger partial charge in [0, 0.05) is 18.4 Å². The molecule has 4 rings (SSSR count). The number of fused-ring (bicyclic) bond motifs is 1. The van der Waals surface area contributed by atoms with Crippen molar-refractivity contribution in [1.29, 1.82) is 0 Å². The minimum atomic E-state index is -3.99. The highest BCUT2D eigenvalue weighted by atomic mass is 32.2. The fraction of sp³-hybridized carbons (Fsp3) is 0.292. The van der Waals surface area contributed by atoms with E-state index in [9.17, 15) is 18.0 Å². The second kappa shape index (κ2) is 8.94. The molecule has 2 heterocycles. The van der Waals surface area contributed by atoms with Crippen molar-refractivity contribution in [3.63, 3.8) is 0 Å². The lowest BCUT2D eigenvalue weighted by Crippen LogP contribution is -2.15. The van der Waals surface area contributed by atoms with Crippen LogP contribution >= 0.6 is 0 Å². The van der Waals surface area contributed by atoms with Crippen LogP contribution in [0.1, 0.15) is 41.4 Å². The average molecular weight is 483 g/mol. The predicted octanol–water partition coefficient (Wildman–Crippen LogP) is 3.91. The van der Waals surface area contributed by atoms with Gasteiger partial charge in [-0.25, -0.2) is 8.42 Å². The maximum Gasteiger partial charge on any atom is 0.262 e. The van der Waals surface area contributed by atoms with Gasteiger partial charge in [-0.2, -0.15) is 9.78 Å². The summed E-state index contributed by atoms with van der Waals surface area (Å²) in [6.45, 7) is 5.45. The molecule has 1 aliphatic heterocycles. The number of benzene rings is 2. The van der Waals surface area contributed by atoms with Gasteiger partial charge in [-0.3, -0.25) is 14.3 Å². The number of carbonyl (C=O) groups is 2. The van der Waals surface area contributed by atoms with E-state index < -0.39 is 10.0 Å². The zero-order valence-corrected chi connectivity index (χ0v) is 20.2. The first-order chi connectivity index (χ1) is 16.1. The normalized spacial score (nSPS) is 13.8. The summed E-state index contributed by atoms with van der Waals surface area (Å²) in [6.07, 6.45) is 0.616. The van der Waals surface area contributed by atoms with Crippen molar-refractivity contribution in [3.8, 4) is 16.9 Å². The highest BCUT2D eigenvalue weighted by Gasteiger charge is 2.28. The van der Waals surface area contributed by atoms with E-state index in [0.717, 1.165) is 5.56 Å². The quantitative estimate of drug-likeness (QED) is 0.550. The Morgan fingerprint density at radius 3 is 2.59 bits per heavy atom. The Kier molecular flexibility index (Phi) is 6.18. The van der Waals surface area contributed by atoms with Gasteiger partial charge in [-0.15, -0.1) is 0 Å². The fourth-order valence-electron chi connectivity index (χ4n) is 3.98. The molecule has 1 aromatic heterocycles. The number of ether oxygens (including phenoxy) is 1. The summed E-state index contributed by atoms with van der Waals surface area (Å²) in [4.78, 5) is 24.8. The van der Waals surface area contributed by atoms with Gasteiger partial charge in [0.2, 0.25) is 11.8 Å². The molecule has 0 fully saturated rings. The lowest BCUT2D eigenvalue weighted by molar-refractivity contribution is -0.116. The van der Waals surface area contributed by atoms with E-state index in [2.05, 4.69) is 15.1 Å². The minimum absolute atomic E-state index is 0.0544. The van der Waals surface area contributed by atoms with Gasteiger partial charge in [-0.1, -0.05) is 25.1 Å². The lowest BCUT2D eigenvalue weighted by Gasteiger charge is -2.15. The molecule has 0 atom stereocenters. The summed E-state index contributed by atoms with van der Waals surface area (Å²) in [6, 6.07) is 10.2. The Bertz CT molecular complexity index is 1410. The van der Waals surface area contributed by atoms with Crippen molar-refractivity contribution in [3.05, 3.63) is 53.2 Å². The zero-order chi connectivity index (χ0) is 24.6. The number of anilines is 2. The number of nitrogens with zero attached hydrogens (tertiary/aromatic N) is 2. The summed E-state index contributed by atoms with van der Waals surface area (Å²) in [7, 11) is -2.51. The molecule has 1 amide bonds. The van der Waals surface area contributed by atoms with Crippen LogP contribution in [-0.2, 0) is 21.2 Å². The van der Waals surface area contributed by atoms with E-state index in [1.54, 1.807) is 37.3 Å². The molecule has 34 heavy (non-hydrogen) atoms. The third-order valence-electron chi connectivity index (χ3n) is 5.72. The molecular weight excluding hydrogens is 456 g/mol. The smallest absolute Gasteiger partial charge is 0.262 e. The summed E-state index contributed by atoms with van der Waals surface area (Å²) in [5.41, 5.74) is 3.41. The molecule has 0 saturated heterocycles.